The SMILES string of the molecule is CN(Cc1cc(=O)[nH][nH]1)c1ccccc1Br. The summed E-state index contributed by atoms with van der Waals surface area (Å²) in [7, 11) is 1.98. The molecule has 2 N–H and O–H groups in total. The molecule has 2 rings (SSSR count). The van der Waals surface area contributed by atoms with E-state index in [1.165, 1.54) is 0 Å². The zero-order valence-electron chi connectivity index (χ0n) is 8.83. The molecule has 0 aliphatic heterocycles. The lowest BCUT2D eigenvalue weighted by molar-refractivity contribution is 0.866. The molecule has 0 radical (unpaired) electrons. The number of aromatic nitrogens is 2. The van der Waals surface area contributed by atoms with Gasteiger partial charge in [-0.3, -0.25) is 9.89 Å². The van der Waals surface area contributed by atoms with E-state index in [0.29, 0.717) is 6.54 Å². The van der Waals surface area contributed by atoms with Gasteiger partial charge in [-0.05, 0) is 28.1 Å². The van der Waals surface area contributed by atoms with Gasteiger partial charge in [0.25, 0.3) is 5.56 Å². The maximum atomic E-state index is 11.0. The number of halogens is 1. The molecule has 1 aromatic heterocycles. The van der Waals surface area contributed by atoms with E-state index in [9.17, 15) is 4.79 Å². The molecule has 0 aliphatic carbocycles. The van der Waals surface area contributed by atoms with Gasteiger partial charge in [-0.15, -0.1) is 0 Å². The highest BCUT2D eigenvalue weighted by molar-refractivity contribution is 9.10. The molecule has 0 spiro atoms. The monoisotopic (exact) mass is 281 g/mol. The third-order valence-electron chi connectivity index (χ3n) is 2.32. The number of nitrogens with zero attached hydrogens (tertiary/aromatic N) is 1. The Kier molecular flexibility index (Phi) is 3.14. The summed E-state index contributed by atoms with van der Waals surface area (Å²) in [5, 5.41) is 5.35. The van der Waals surface area contributed by atoms with Crippen LogP contribution in [0.15, 0.2) is 39.6 Å². The lowest BCUT2D eigenvalue weighted by Crippen LogP contribution is -2.17. The first-order valence-corrected chi connectivity index (χ1v) is 5.68. The summed E-state index contributed by atoms with van der Waals surface area (Å²) in [6.07, 6.45) is 0. The standard InChI is InChI=1S/C11H12BrN3O/c1-15(7-8-6-11(16)14-13-8)10-5-3-2-4-9(10)12/h2-6H,7H2,1H3,(H2,13,14,16). The van der Waals surface area contributed by atoms with Crippen molar-refractivity contribution in [2.24, 2.45) is 0 Å². The molecule has 0 saturated heterocycles. The molecule has 16 heavy (non-hydrogen) atoms. The van der Waals surface area contributed by atoms with Crippen molar-refractivity contribution in [1.82, 2.24) is 10.2 Å². The van der Waals surface area contributed by atoms with Crippen LogP contribution in [0.3, 0.4) is 0 Å². The van der Waals surface area contributed by atoms with Crippen molar-refractivity contribution in [3.63, 3.8) is 0 Å². The Bertz CT molecular complexity index is 532. The second-order valence-electron chi connectivity index (χ2n) is 3.59. The first-order chi connectivity index (χ1) is 7.66. The molecule has 1 heterocycles. The minimum atomic E-state index is -0.101. The van der Waals surface area contributed by atoms with Gasteiger partial charge in [0.05, 0.1) is 17.9 Å². The zero-order valence-corrected chi connectivity index (χ0v) is 10.4. The van der Waals surface area contributed by atoms with Gasteiger partial charge in [-0.1, -0.05) is 12.1 Å². The summed E-state index contributed by atoms with van der Waals surface area (Å²) < 4.78 is 1.04. The van der Waals surface area contributed by atoms with Crippen LogP contribution < -0.4 is 10.5 Å². The number of para-hydroxylation sites is 1. The molecule has 2 aromatic rings. The summed E-state index contributed by atoms with van der Waals surface area (Å²) in [5.41, 5.74) is 1.85. The van der Waals surface area contributed by atoms with E-state index in [0.717, 1.165) is 15.9 Å². The summed E-state index contributed by atoms with van der Waals surface area (Å²) in [5.74, 6) is 0. The first-order valence-electron chi connectivity index (χ1n) is 4.89. The fourth-order valence-corrected chi connectivity index (χ4v) is 2.15. The highest BCUT2D eigenvalue weighted by Gasteiger charge is 2.06. The number of benzene rings is 1. The molecule has 0 unspecified atom stereocenters. The quantitative estimate of drug-likeness (QED) is 0.905. The highest BCUT2D eigenvalue weighted by atomic mass is 79.9. The topological polar surface area (TPSA) is 51.9 Å². The van der Waals surface area contributed by atoms with Crippen LogP contribution in [0.1, 0.15) is 5.69 Å². The van der Waals surface area contributed by atoms with Gasteiger partial charge in [0.2, 0.25) is 0 Å². The fourth-order valence-electron chi connectivity index (χ4n) is 1.56. The van der Waals surface area contributed by atoms with E-state index in [-0.39, 0.29) is 5.56 Å². The van der Waals surface area contributed by atoms with Crippen LogP contribution in [0.5, 0.6) is 0 Å². The van der Waals surface area contributed by atoms with Gasteiger partial charge >= 0.3 is 0 Å². The number of rotatable bonds is 3. The van der Waals surface area contributed by atoms with E-state index in [1.54, 1.807) is 6.07 Å². The third-order valence-corrected chi connectivity index (χ3v) is 2.99. The molecule has 0 atom stereocenters. The molecule has 0 fully saturated rings. The van der Waals surface area contributed by atoms with Gasteiger partial charge in [0.15, 0.2) is 0 Å². The highest BCUT2D eigenvalue weighted by Crippen LogP contribution is 2.25. The maximum absolute atomic E-state index is 11.0. The van der Waals surface area contributed by atoms with Crippen LogP contribution in [0, 0.1) is 0 Å². The predicted molar refractivity (Wildman–Crippen MR) is 67.7 cm³/mol. The minimum Gasteiger partial charge on any atom is -0.368 e. The predicted octanol–water partition coefficient (Wildman–Crippen LogP) is 2.10. The first kappa shape index (κ1) is 11.0. The number of hydrogen-bond acceptors (Lipinski definition) is 2. The Morgan fingerprint density at radius 1 is 1.31 bits per heavy atom. The second kappa shape index (κ2) is 4.57. The van der Waals surface area contributed by atoms with Crippen LogP contribution in [-0.4, -0.2) is 17.2 Å². The molecule has 0 aliphatic rings. The summed E-state index contributed by atoms with van der Waals surface area (Å²) in [4.78, 5) is 13.0. The number of anilines is 1. The third kappa shape index (κ3) is 2.36. The average Bonchev–Trinajstić information content (AvgIpc) is 2.64. The summed E-state index contributed by atoms with van der Waals surface area (Å²) in [6, 6.07) is 9.53. The van der Waals surface area contributed by atoms with Crippen molar-refractivity contribution in [3.8, 4) is 0 Å². The Morgan fingerprint density at radius 3 is 2.69 bits per heavy atom. The zero-order chi connectivity index (χ0) is 11.5. The van der Waals surface area contributed by atoms with Crippen molar-refractivity contribution in [2.45, 2.75) is 6.54 Å². The lowest BCUT2D eigenvalue weighted by Gasteiger charge is -2.19. The van der Waals surface area contributed by atoms with Gasteiger partial charge < -0.3 is 10.00 Å². The molecule has 0 saturated carbocycles. The van der Waals surface area contributed by atoms with Crippen molar-refractivity contribution in [2.75, 3.05) is 11.9 Å². The van der Waals surface area contributed by atoms with Crippen molar-refractivity contribution < 1.29 is 0 Å². The van der Waals surface area contributed by atoms with Gasteiger partial charge in [0.1, 0.15) is 0 Å². The molecule has 84 valence electrons. The molecule has 4 nitrogen and oxygen atoms in total. The summed E-state index contributed by atoms with van der Waals surface area (Å²) >= 11 is 3.49. The molecule has 0 amide bonds. The summed E-state index contributed by atoms with van der Waals surface area (Å²) in [6.45, 7) is 0.654. The van der Waals surface area contributed by atoms with Gasteiger partial charge in [-0.2, -0.15) is 0 Å². The fraction of sp³-hybridized carbons (Fsp3) is 0.182. The average molecular weight is 282 g/mol. The lowest BCUT2D eigenvalue weighted by atomic mass is 10.3. The Balaban J connectivity index is 2.17. The van der Waals surface area contributed by atoms with Crippen molar-refractivity contribution >= 4 is 21.6 Å². The Hall–Kier alpha value is -1.49. The van der Waals surface area contributed by atoms with Crippen molar-refractivity contribution in [3.05, 3.63) is 50.9 Å². The van der Waals surface area contributed by atoms with Crippen molar-refractivity contribution in [1.29, 1.82) is 0 Å². The van der Waals surface area contributed by atoms with E-state index >= 15 is 0 Å². The van der Waals surface area contributed by atoms with Crippen LogP contribution in [0.25, 0.3) is 0 Å². The van der Waals surface area contributed by atoms with Crippen LogP contribution in [0.4, 0.5) is 5.69 Å². The van der Waals surface area contributed by atoms with E-state index in [1.807, 2.05) is 31.3 Å². The normalized spacial score (nSPS) is 10.4. The number of H-pyrrole nitrogens is 2. The molecular weight excluding hydrogens is 270 g/mol. The Labute approximate surface area is 101 Å². The molecule has 1 aromatic carbocycles. The van der Waals surface area contributed by atoms with E-state index in [4.69, 9.17) is 0 Å². The van der Waals surface area contributed by atoms with E-state index in [2.05, 4.69) is 31.0 Å². The smallest absolute Gasteiger partial charge is 0.264 e. The largest absolute Gasteiger partial charge is 0.368 e. The molecule has 0 bridgehead atoms. The minimum absolute atomic E-state index is 0.101. The van der Waals surface area contributed by atoms with Crippen LogP contribution in [-0.2, 0) is 6.54 Å². The number of nitrogens with one attached hydrogen (secondary N) is 2. The second-order valence-corrected chi connectivity index (χ2v) is 4.45. The van der Waals surface area contributed by atoms with Gasteiger partial charge in [-0.25, -0.2) is 0 Å². The Morgan fingerprint density at radius 2 is 2.06 bits per heavy atom. The molecular formula is C11H12BrN3O. The number of hydrogen-bond donors (Lipinski definition) is 2. The maximum Gasteiger partial charge on any atom is 0.264 e. The van der Waals surface area contributed by atoms with Crippen LogP contribution >= 0.6 is 15.9 Å². The van der Waals surface area contributed by atoms with E-state index < -0.39 is 0 Å². The number of aromatic amines is 2. The van der Waals surface area contributed by atoms with Gasteiger partial charge in [0, 0.05) is 17.6 Å². The molecule has 5 heteroatoms. The van der Waals surface area contributed by atoms with Crippen LogP contribution in [0.2, 0.25) is 0 Å².